The number of nitrogens with zero attached hydrogens (tertiary/aromatic N) is 1. The summed E-state index contributed by atoms with van der Waals surface area (Å²) in [6, 6.07) is 7.37. The molecule has 2 aromatic rings. The van der Waals surface area contributed by atoms with Gasteiger partial charge in [-0.15, -0.1) is 11.6 Å². The molecule has 0 N–H and O–H groups in total. The molecule has 0 fully saturated rings. The lowest BCUT2D eigenvalue weighted by molar-refractivity contribution is 0.278. The van der Waals surface area contributed by atoms with Crippen LogP contribution < -0.4 is 9.47 Å². The molecule has 0 amide bonds. The first-order chi connectivity index (χ1) is 9.65. The first-order valence-corrected chi connectivity index (χ1v) is 7.02. The van der Waals surface area contributed by atoms with Crippen LogP contribution in [0.2, 0.25) is 5.02 Å². The van der Waals surface area contributed by atoms with E-state index >= 15 is 0 Å². The van der Waals surface area contributed by atoms with Crippen molar-refractivity contribution in [1.82, 2.24) is 4.98 Å². The number of halogens is 2. The molecule has 0 atom stereocenters. The summed E-state index contributed by atoms with van der Waals surface area (Å²) in [5, 5.41) is 0.568. The number of benzene rings is 1. The van der Waals surface area contributed by atoms with E-state index in [4.69, 9.17) is 32.7 Å². The highest BCUT2D eigenvalue weighted by Gasteiger charge is 2.13. The predicted molar refractivity (Wildman–Crippen MR) is 80.9 cm³/mol. The fraction of sp³-hybridized carbons (Fsp3) is 0.267. The van der Waals surface area contributed by atoms with Crippen LogP contribution in [0.15, 0.2) is 30.5 Å². The number of alkyl halides is 1. The third-order valence-corrected chi connectivity index (χ3v) is 3.44. The molecule has 5 heteroatoms. The number of rotatable bonds is 5. The van der Waals surface area contributed by atoms with Gasteiger partial charge in [-0.05, 0) is 24.6 Å². The van der Waals surface area contributed by atoms with Crippen LogP contribution in [0.3, 0.4) is 0 Å². The Hall–Kier alpha value is -1.45. The molecule has 0 spiro atoms. The van der Waals surface area contributed by atoms with Crippen LogP contribution in [-0.2, 0) is 12.5 Å². The monoisotopic (exact) mass is 311 g/mol. The van der Waals surface area contributed by atoms with Gasteiger partial charge in [0.2, 0.25) is 0 Å². The quantitative estimate of drug-likeness (QED) is 0.768. The predicted octanol–water partition coefficient (Wildman–Crippen LogP) is 4.37. The summed E-state index contributed by atoms with van der Waals surface area (Å²) in [5.41, 5.74) is 2.75. The lowest BCUT2D eigenvalue weighted by Crippen LogP contribution is -2.03. The number of methoxy groups -OCH3 is 1. The minimum Gasteiger partial charge on any atom is -0.493 e. The second-order valence-corrected chi connectivity index (χ2v) is 4.99. The topological polar surface area (TPSA) is 31.4 Å². The zero-order valence-corrected chi connectivity index (χ0v) is 12.8. The van der Waals surface area contributed by atoms with Gasteiger partial charge in [0.25, 0.3) is 0 Å². The van der Waals surface area contributed by atoms with Gasteiger partial charge in [-0.3, -0.25) is 4.98 Å². The SMILES string of the molecule is COc1cc(Cl)cc(CCl)c1OCc1ncccc1C. The molecule has 2 rings (SSSR count). The van der Waals surface area contributed by atoms with E-state index in [0.29, 0.717) is 29.0 Å². The normalized spacial score (nSPS) is 10.4. The van der Waals surface area contributed by atoms with E-state index in [2.05, 4.69) is 4.98 Å². The average Bonchev–Trinajstić information content (AvgIpc) is 2.46. The number of pyridine rings is 1. The Morgan fingerprint density at radius 1 is 1.30 bits per heavy atom. The molecule has 3 nitrogen and oxygen atoms in total. The molecular formula is C15H15Cl2NO2. The summed E-state index contributed by atoms with van der Waals surface area (Å²) >= 11 is 12.0. The van der Waals surface area contributed by atoms with Gasteiger partial charge in [-0.2, -0.15) is 0 Å². The minimum atomic E-state index is 0.299. The van der Waals surface area contributed by atoms with Crippen LogP contribution in [0.25, 0.3) is 0 Å². The lowest BCUT2D eigenvalue weighted by Gasteiger charge is -2.15. The highest BCUT2D eigenvalue weighted by Crippen LogP contribution is 2.36. The maximum Gasteiger partial charge on any atom is 0.166 e. The minimum absolute atomic E-state index is 0.299. The van der Waals surface area contributed by atoms with Gasteiger partial charge in [0.1, 0.15) is 6.61 Å². The molecular weight excluding hydrogens is 297 g/mol. The van der Waals surface area contributed by atoms with Crippen molar-refractivity contribution in [3.05, 3.63) is 52.3 Å². The van der Waals surface area contributed by atoms with Crippen molar-refractivity contribution >= 4 is 23.2 Å². The summed E-state index contributed by atoms with van der Waals surface area (Å²) in [6.45, 7) is 2.35. The molecule has 0 aliphatic carbocycles. The molecule has 0 saturated heterocycles. The van der Waals surface area contributed by atoms with Crippen molar-refractivity contribution in [3.63, 3.8) is 0 Å². The van der Waals surface area contributed by atoms with E-state index in [1.165, 1.54) is 0 Å². The van der Waals surface area contributed by atoms with Crippen LogP contribution in [0, 0.1) is 6.92 Å². The second kappa shape index (κ2) is 6.82. The molecule has 0 saturated carbocycles. The van der Waals surface area contributed by atoms with Gasteiger partial charge < -0.3 is 9.47 Å². The molecule has 0 unspecified atom stereocenters. The fourth-order valence-corrected chi connectivity index (χ4v) is 2.28. The number of ether oxygens (including phenoxy) is 2. The van der Waals surface area contributed by atoms with Gasteiger partial charge in [-0.1, -0.05) is 17.7 Å². The molecule has 106 valence electrons. The van der Waals surface area contributed by atoms with Crippen molar-refractivity contribution in [3.8, 4) is 11.5 Å². The molecule has 1 aromatic heterocycles. The number of aryl methyl sites for hydroxylation is 1. The van der Waals surface area contributed by atoms with Crippen LogP contribution in [0.5, 0.6) is 11.5 Å². The number of aromatic nitrogens is 1. The average molecular weight is 312 g/mol. The number of hydrogen-bond donors (Lipinski definition) is 0. The van der Waals surface area contributed by atoms with Gasteiger partial charge in [0.05, 0.1) is 18.7 Å². The highest BCUT2D eigenvalue weighted by atomic mass is 35.5. The first-order valence-electron chi connectivity index (χ1n) is 6.11. The van der Waals surface area contributed by atoms with Gasteiger partial charge in [0, 0.05) is 22.8 Å². The van der Waals surface area contributed by atoms with Crippen molar-refractivity contribution in [1.29, 1.82) is 0 Å². The third kappa shape index (κ3) is 3.35. The zero-order valence-electron chi connectivity index (χ0n) is 11.3. The summed E-state index contributed by atoms with van der Waals surface area (Å²) in [4.78, 5) is 4.30. The third-order valence-electron chi connectivity index (χ3n) is 2.93. The Morgan fingerprint density at radius 2 is 2.10 bits per heavy atom. The Balaban J connectivity index is 2.27. The molecule has 0 radical (unpaired) electrons. The van der Waals surface area contributed by atoms with Crippen molar-refractivity contribution in [2.45, 2.75) is 19.4 Å². The number of hydrogen-bond acceptors (Lipinski definition) is 3. The highest BCUT2D eigenvalue weighted by molar-refractivity contribution is 6.31. The van der Waals surface area contributed by atoms with Crippen molar-refractivity contribution in [2.24, 2.45) is 0 Å². The summed E-state index contributed by atoms with van der Waals surface area (Å²) in [6.07, 6.45) is 1.74. The summed E-state index contributed by atoms with van der Waals surface area (Å²) < 4.78 is 11.1. The standard InChI is InChI=1S/C15H15Cl2NO2/c1-10-4-3-5-18-13(10)9-20-15-11(8-16)6-12(17)7-14(15)19-2/h3-7H,8-9H2,1-2H3. The first kappa shape index (κ1) is 14.9. The van der Waals surface area contributed by atoms with Crippen LogP contribution >= 0.6 is 23.2 Å². The van der Waals surface area contributed by atoms with E-state index < -0.39 is 0 Å². The summed E-state index contributed by atoms with van der Waals surface area (Å²) in [7, 11) is 1.57. The van der Waals surface area contributed by atoms with E-state index in [1.54, 1.807) is 25.4 Å². The second-order valence-electron chi connectivity index (χ2n) is 4.29. The Labute approximate surface area is 128 Å². The van der Waals surface area contributed by atoms with E-state index in [9.17, 15) is 0 Å². The molecule has 1 heterocycles. The molecule has 0 aliphatic rings. The van der Waals surface area contributed by atoms with Crippen LogP contribution in [-0.4, -0.2) is 12.1 Å². The van der Waals surface area contributed by atoms with Gasteiger partial charge in [0.15, 0.2) is 11.5 Å². The van der Waals surface area contributed by atoms with Crippen LogP contribution in [0.4, 0.5) is 0 Å². The fourth-order valence-electron chi connectivity index (χ4n) is 1.85. The maximum absolute atomic E-state index is 6.02. The van der Waals surface area contributed by atoms with E-state index in [0.717, 1.165) is 16.8 Å². The molecule has 0 aliphatic heterocycles. The molecule has 0 bridgehead atoms. The molecule has 20 heavy (non-hydrogen) atoms. The zero-order chi connectivity index (χ0) is 14.5. The van der Waals surface area contributed by atoms with Crippen molar-refractivity contribution < 1.29 is 9.47 Å². The Bertz CT molecular complexity index is 577. The van der Waals surface area contributed by atoms with Crippen molar-refractivity contribution in [2.75, 3.05) is 7.11 Å². The van der Waals surface area contributed by atoms with Gasteiger partial charge >= 0.3 is 0 Å². The smallest absolute Gasteiger partial charge is 0.166 e. The molecule has 1 aromatic carbocycles. The largest absolute Gasteiger partial charge is 0.493 e. The Morgan fingerprint density at radius 3 is 2.75 bits per heavy atom. The summed E-state index contributed by atoms with van der Waals surface area (Å²) in [5.74, 6) is 1.48. The van der Waals surface area contributed by atoms with E-state index in [-0.39, 0.29) is 0 Å². The maximum atomic E-state index is 6.02. The van der Waals surface area contributed by atoms with Gasteiger partial charge in [-0.25, -0.2) is 0 Å². The van der Waals surface area contributed by atoms with Crippen LogP contribution in [0.1, 0.15) is 16.8 Å². The lowest BCUT2D eigenvalue weighted by atomic mass is 10.2. The van der Waals surface area contributed by atoms with E-state index in [1.807, 2.05) is 19.1 Å². The Kier molecular flexibility index (Phi) is 5.10.